The van der Waals surface area contributed by atoms with Gasteiger partial charge in [-0.3, -0.25) is 14.2 Å². The number of nitrogens with zero attached hydrogens (tertiary/aromatic N) is 3. The molecular formula is C25H23N3O3S. The van der Waals surface area contributed by atoms with E-state index in [2.05, 4.69) is 0 Å². The molecule has 162 valence electrons. The van der Waals surface area contributed by atoms with Crippen molar-refractivity contribution in [2.75, 3.05) is 13.1 Å². The van der Waals surface area contributed by atoms with Gasteiger partial charge in [-0.25, -0.2) is 4.98 Å². The minimum atomic E-state index is -0.0824. The summed E-state index contributed by atoms with van der Waals surface area (Å²) in [5.41, 5.74) is 2.39. The monoisotopic (exact) mass is 445 g/mol. The van der Waals surface area contributed by atoms with E-state index in [0.29, 0.717) is 34.1 Å². The van der Waals surface area contributed by atoms with E-state index in [1.54, 1.807) is 16.9 Å². The highest BCUT2D eigenvalue weighted by atomic mass is 32.2. The van der Waals surface area contributed by atoms with Crippen LogP contribution in [0.25, 0.3) is 10.9 Å². The molecule has 6 nitrogen and oxygen atoms in total. The van der Waals surface area contributed by atoms with Crippen LogP contribution in [0.2, 0.25) is 0 Å². The third-order valence-electron chi connectivity index (χ3n) is 5.68. The number of furan rings is 1. The molecule has 4 aromatic rings. The molecule has 0 radical (unpaired) electrons. The van der Waals surface area contributed by atoms with Gasteiger partial charge >= 0.3 is 0 Å². The average Bonchev–Trinajstić information content (AvgIpc) is 3.54. The largest absolute Gasteiger partial charge is 0.467 e. The predicted octanol–water partition coefficient (Wildman–Crippen LogP) is 4.57. The summed E-state index contributed by atoms with van der Waals surface area (Å²) >= 11 is 1.51. The van der Waals surface area contributed by atoms with E-state index in [0.717, 1.165) is 37.1 Å². The van der Waals surface area contributed by atoms with Gasteiger partial charge in [0, 0.05) is 24.4 Å². The Morgan fingerprint density at radius 2 is 1.78 bits per heavy atom. The molecular weight excluding hydrogens is 422 g/mol. The smallest absolute Gasteiger partial charge is 0.262 e. The topological polar surface area (TPSA) is 68.3 Å². The van der Waals surface area contributed by atoms with E-state index in [-0.39, 0.29) is 11.5 Å². The first-order chi connectivity index (χ1) is 15.7. The van der Waals surface area contributed by atoms with Crippen LogP contribution >= 0.6 is 11.8 Å². The Hall–Kier alpha value is -3.32. The molecule has 3 heterocycles. The second-order valence-corrected chi connectivity index (χ2v) is 8.81. The fraction of sp³-hybridized carbons (Fsp3) is 0.240. The summed E-state index contributed by atoms with van der Waals surface area (Å²) in [6, 6.07) is 18.8. The molecule has 0 bridgehead atoms. The number of benzene rings is 2. The minimum Gasteiger partial charge on any atom is -0.467 e. The normalized spacial score (nSPS) is 13.7. The first-order valence-electron chi connectivity index (χ1n) is 10.7. The molecule has 0 N–H and O–H groups in total. The van der Waals surface area contributed by atoms with Crippen molar-refractivity contribution in [3.05, 3.63) is 94.2 Å². The SMILES string of the molecule is O=C(c1ccc(CSc2nc3ccccc3c(=O)n2Cc2ccco2)cc1)N1CCCC1. The maximum atomic E-state index is 13.2. The molecule has 1 amide bonds. The van der Waals surface area contributed by atoms with Crippen molar-refractivity contribution in [1.29, 1.82) is 0 Å². The van der Waals surface area contributed by atoms with Crippen LogP contribution < -0.4 is 5.56 Å². The number of carbonyl (C=O) groups excluding carboxylic acids is 1. The Bertz CT molecular complexity index is 1290. The summed E-state index contributed by atoms with van der Waals surface area (Å²) in [6.07, 6.45) is 3.77. The Balaban J connectivity index is 1.38. The number of hydrogen-bond donors (Lipinski definition) is 0. The molecule has 0 unspecified atom stereocenters. The Kier molecular flexibility index (Phi) is 5.81. The van der Waals surface area contributed by atoms with Gasteiger partial charge in [-0.2, -0.15) is 0 Å². The van der Waals surface area contributed by atoms with Crippen LogP contribution in [0.3, 0.4) is 0 Å². The van der Waals surface area contributed by atoms with Crippen molar-refractivity contribution in [2.24, 2.45) is 0 Å². The third kappa shape index (κ3) is 4.21. The lowest BCUT2D eigenvalue weighted by atomic mass is 10.1. The predicted molar refractivity (Wildman–Crippen MR) is 125 cm³/mol. The quantitative estimate of drug-likeness (QED) is 0.321. The third-order valence-corrected chi connectivity index (χ3v) is 6.73. The van der Waals surface area contributed by atoms with E-state index in [9.17, 15) is 9.59 Å². The van der Waals surface area contributed by atoms with Crippen LogP contribution in [0, 0.1) is 0 Å². The second-order valence-electron chi connectivity index (χ2n) is 7.87. The van der Waals surface area contributed by atoms with Crippen molar-refractivity contribution in [1.82, 2.24) is 14.5 Å². The maximum Gasteiger partial charge on any atom is 0.262 e. The fourth-order valence-electron chi connectivity index (χ4n) is 3.95. The van der Waals surface area contributed by atoms with Crippen LogP contribution in [-0.4, -0.2) is 33.4 Å². The average molecular weight is 446 g/mol. The van der Waals surface area contributed by atoms with E-state index in [1.165, 1.54) is 11.8 Å². The van der Waals surface area contributed by atoms with Gasteiger partial charge in [0.1, 0.15) is 5.76 Å². The summed E-state index contributed by atoms with van der Waals surface area (Å²) in [5, 5.41) is 1.23. The van der Waals surface area contributed by atoms with Crippen LogP contribution in [0.4, 0.5) is 0 Å². The number of likely N-dealkylation sites (tertiary alicyclic amines) is 1. The number of hydrogen-bond acceptors (Lipinski definition) is 5. The van der Waals surface area contributed by atoms with E-state index < -0.39 is 0 Å². The molecule has 0 aliphatic carbocycles. The zero-order valence-corrected chi connectivity index (χ0v) is 18.4. The molecule has 0 saturated carbocycles. The summed E-state index contributed by atoms with van der Waals surface area (Å²) in [6.45, 7) is 2.02. The highest BCUT2D eigenvalue weighted by molar-refractivity contribution is 7.98. The number of rotatable bonds is 6. The van der Waals surface area contributed by atoms with Gasteiger partial charge in [-0.1, -0.05) is 36.0 Å². The van der Waals surface area contributed by atoms with Crippen LogP contribution in [0.1, 0.15) is 34.5 Å². The summed E-state index contributed by atoms with van der Waals surface area (Å²) in [5.74, 6) is 1.45. The van der Waals surface area contributed by atoms with E-state index in [1.807, 2.05) is 59.5 Å². The Morgan fingerprint density at radius 3 is 2.53 bits per heavy atom. The number of thioether (sulfide) groups is 1. The van der Waals surface area contributed by atoms with Crippen molar-refractivity contribution in [3.63, 3.8) is 0 Å². The highest BCUT2D eigenvalue weighted by Crippen LogP contribution is 2.24. The minimum absolute atomic E-state index is 0.0824. The van der Waals surface area contributed by atoms with Crippen molar-refractivity contribution in [3.8, 4) is 0 Å². The van der Waals surface area contributed by atoms with Gasteiger partial charge in [-0.15, -0.1) is 0 Å². The van der Waals surface area contributed by atoms with Crippen LogP contribution in [0.5, 0.6) is 0 Å². The zero-order valence-electron chi connectivity index (χ0n) is 17.6. The molecule has 1 aliphatic rings. The van der Waals surface area contributed by atoms with Gasteiger partial charge in [0.15, 0.2) is 5.16 Å². The fourth-order valence-corrected chi connectivity index (χ4v) is 4.90. The molecule has 5 rings (SSSR count). The highest BCUT2D eigenvalue weighted by Gasteiger charge is 2.19. The van der Waals surface area contributed by atoms with Crippen molar-refractivity contribution >= 4 is 28.6 Å². The molecule has 0 spiro atoms. The summed E-state index contributed by atoms with van der Waals surface area (Å²) in [4.78, 5) is 32.4. The van der Waals surface area contributed by atoms with Gasteiger partial charge in [0.25, 0.3) is 11.5 Å². The Morgan fingerprint density at radius 1 is 1.00 bits per heavy atom. The molecule has 2 aromatic heterocycles. The first-order valence-corrected chi connectivity index (χ1v) is 11.7. The maximum absolute atomic E-state index is 13.2. The number of carbonyl (C=O) groups is 1. The van der Waals surface area contributed by atoms with Gasteiger partial charge in [0.2, 0.25) is 0 Å². The molecule has 2 aromatic carbocycles. The molecule has 32 heavy (non-hydrogen) atoms. The molecule has 7 heteroatoms. The second kappa shape index (κ2) is 9.04. The number of amides is 1. The summed E-state index contributed by atoms with van der Waals surface area (Å²) < 4.78 is 7.13. The molecule has 1 fully saturated rings. The molecule has 0 atom stereocenters. The number of aromatic nitrogens is 2. The molecule has 1 aliphatic heterocycles. The number of fused-ring (bicyclic) bond motifs is 1. The lowest BCUT2D eigenvalue weighted by Gasteiger charge is -2.15. The van der Waals surface area contributed by atoms with Gasteiger partial charge < -0.3 is 9.32 Å². The number of para-hydroxylation sites is 1. The Labute approximate surface area is 189 Å². The van der Waals surface area contributed by atoms with Crippen molar-refractivity contribution < 1.29 is 9.21 Å². The first kappa shape index (κ1) is 20.6. The summed E-state index contributed by atoms with van der Waals surface area (Å²) in [7, 11) is 0. The van der Waals surface area contributed by atoms with E-state index >= 15 is 0 Å². The molecule has 1 saturated heterocycles. The lowest BCUT2D eigenvalue weighted by molar-refractivity contribution is 0.0793. The van der Waals surface area contributed by atoms with Crippen molar-refractivity contribution in [2.45, 2.75) is 30.3 Å². The van der Waals surface area contributed by atoms with Gasteiger partial charge in [-0.05, 0) is 54.8 Å². The van der Waals surface area contributed by atoms with Crippen LogP contribution in [-0.2, 0) is 12.3 Å². The van der Waals surface area contributed by atoms with Gasteiger partial charge in [0.05, 0.1) is 23.7 Å². The standard InChI is InChI=1S/C25H23N3O3S/c29-23(27-13-3-4-14-27)19-11-9-18(10-12-19)17-32-25-26-22-8-2-1-7-21(22)24(30)28(25)16-20-6-5-15-31-20/h1-2,5-12,15H,3-4,13-14,16-17H2. The van der Waals surface area contributed by atoms with E-state index in [4.69, 9.17) is 9.40 Å². The van der Waals surface area contributed by atoms with Crippen LogP contribution in [0.15, 0.2) is 81.3 Å². The lowest BCUT2D eigenvalue weighted by Crippen LogP contribution is -2.27. The zero-order chi connectivity index (χ0) is 21.9.